The zero-order chi connectivity index (χ0) is 22.3. The van der Waals surface area contributed by atoms with Crippen molar-refractivity contribution in [3.8, 4) is 11.5 Å². The van der Waals surface area contributed by atoms with Crippen LogP contribution in [0.15, 0.2) is 60.7 Å². The summed E-state index contributed by atoms with van der Waals surface area (Å²) in [5, 5.41) is 11.3. The van der Waals surface area contributed by atoms with Crippen LogP contribution >= 0.6 is 0 Å². The summed E-state index contributed by atoms with van der Waals surface area (Å²) in [6, 6.07) is 19.4. The average molecular weight is 433 g/mol. The molecule has 7 heteroatoms. The van der Waals surface area contributed by atoms with Gasteiger partial charge in [-0.15, -0.1) is 10.2 Å². The number of carbonyl (C=O) groups excluding carboxylic acids is 1. The maximum Gasteiger partial charge on any atom is 0.276 e. The first-order valence-corrected chi connectivity index (χ1v) is 10.8. The summed E-state index contributed by atoms with van der Waals surface area (Å²) in [7, 11) is 3.13. The van der Waals surface area contributed by atoms with Crippen molar-refractivity contribution >= 4 is 17.4 Å². The SMILES string of the molecule is COc1cc(NC(=O)c2ccc(N3CCC(Cc4ccccc4)CC3)nn2)cc(OC)c1. The van der Waals surface area contributed by atoms with E-state index in [1.807, 2.05) is 6.07 Å². The van der Waals surface area contributed by atoms with Gasteiger partial charge in [0, 0.05) is 37.0 Å². The van der Waals surface area contributed by atoms with Crippen molar-refractivity contribution in [3.05, 3.63) is 71.9 Å². The standard InChI is InChI=1S/C25H28N4O3/c1-31-21-15-20(16-22(17-21)32-2)26-25(30)23-8-9-24(28-27-23)29-12-10-19(11-13-29)14-18-6-4-3-5-7-18/h3-9,15-17,19H,10-14H2,1-2H3,(H,26,30). The highest BCUT2D eigenvalue weighted by Crippen LogP contribution is 2.27. The second-order valence-electron chi connectivity index (χ2n) is 7.95. The Hall–Kier alpha value is -3.61. The van der Waals surface area contributed by atoms with Crippen molar-refractivity contribution in [1.82, 2.24) is 10.2 Å². The van der Waals surface area contributed by atoms with Crippen molar-refractivity contribution in [2.24, 2.45) is 5.92 Å². The fraction of sp³-hybridized carbons (Fsp3) is 0.320. The number of ether oxygens (including phenoxy) is 2. The number of benzene rings is 2. The van der Waals surface area contributed by atoms with Crippen molar-refractivity contribution in [2.45, 2.75) is 19.3 Å². The Bertz CT molecular complexity index is 1010. The Balaban J connectivity index is 1.34. The van der Waals surface area contributed by atoms with Crippen LogP contribution in [0.3, 0.4) is 0 Å². The van der Waals surface area contributed by atoms with Gasteiger partial charge in [-0.2, -0.15) is 0 Å². The summed E-state index contributed by atoms with van der Waals surface area (Å²) >= 11 is 0. The Morgan fingerprint density at radius 1 is 0.969 bits per heavy atom. The van der Waals surface area contributed by atoms with E-state index in [1.54, 1.807) is 38.5 Å². The molecule has 1 saturated heterocycles. The van der Waals surface area contributed by atoms with Gasteiger partial charge in [0.1, 0.15) is 11.5 Å². The Labute approximate surface area is 188 Å². The van der Waals surface area contributed by atoms with Crippen molar-refractivity contribution in [3.63, 3.8) is 0 Å². The highest BCUT2D eigenvalue weighted by atomic mass is 16.5. The summed E-state index contributed by atoms with van der Waals surface area (Å²) in [6.45, 7) is 1.89. The Morgan fingerprint density at radius 3 is 2.25 bits per heavy atom. The molecule has 1 N–H and O–H groups in total. The lowest BCUT2D eigenvalue weighted by Crippen LogP contribution is -2.35. The summed E-state index contributed by atoms with van der Waals surface area (Å²) in [5.41, 5.74) is 2.22. The predicted molar refractivity (Wildman–Crippen MR) is 125 cm³/mol. The molecule has 0 unspecified atom stereocenters. The average Bonchev–Trinajstić information content (AvgIpc) is 2.85. The van der Waals surface area contributed by atoms with Crippen LogP contribution in [0.2, 0.25) is 0 Å². The first-order valence-electron chi connectivity index (χ1n) is 10.8. The van der Waals surface area contributed by atoms with Crippen molar-refractivity contribution in [2.75, 3.05) is 37.5 Å². The zero-order valence-corrected chi connectivity index (χ0v) is 18.5. The highest BCUT2D eigenvalue weighted by molar-refractivity contribution is 6.03. The number of methoxy groups -OCH3 is 2. The molecule has 3 aromatic rings. The first-order chi connectivity index (χ1) is 15.6. The number of amides is 1. The third-order valence-corrected chi connectivity index (χ3v) is 5.80. The number of aromatic nitrogens is 2. The number of nitrogens with one attached hydrogen (secondary N) is 1. The van der Waals surface area contributed by atoms with Gasteiger partial charge >= 0.3 is 0 Å². The van der Waals surface area contributed by atoms with Crippen LogP contribution in [0, 0.1) is 5.92 Å². The summed E-state index contributed by atoms with van der Waals surface area (Å²) in [4.78, 5) is 14.8. The van der Waals surface area contributed by atoms with E-state index >= 15 is 0 Å². The summed E-state index contributed by atoms with van der Waals surface area (Å²) in [5.74, 6) is 2.35. The second-order valence-corrected chi connectivity index (χ2v) is 7.95. The molecule has 7 nitrogen and oxygen atoms in total. The van der Waals surface area contributed by atoms with Gasteiger partial charge < -0.3 is 19.7 Å². The molecule has 2 heterocycles. The molecule has 1 aliphatic heterocycles. The van der Waals surface area contributed by atoms with Crippen LogP contribution < -0.4 is 19.7 Å². The van der Waals surface area contributed by atoms with Gasteiger partial charge in [-0.3, -0.25) is 4.79 Å². The largest absolute Gasteiger partial charge is 0.497 e. The maximum atomic E-state index is 12.6. The highest BCUT2D eigenvalue weighted by Gasteiger charge is 2.21. The molecule has 32 heavy (non-hydrogen) atoms. The quantitative estimate of drug-likeness (QED) is 0.603. The molecule has 0 bridgehead atoms. The lowest BCUT2D eigenvalue weighted by atomic mass is 9.90. The van der Waals surface area contributed by atoms with Crippen molar-refractivity contribution < 1.29 is 14.3 Å². The summed E-state index contributed by atoms with van der Waals surface area (Å²) < 4.78 is 10.5. The minimum absolute atomic E-state index is 0.259. The molecule has 4 rings (SSSR count). The molecule has 1 aromatic heterocycles. The third-order valence-electron chi connectivity index (χ3n) is 5.80. The first kappa shape index (κ1) is 21.6. The molecule has 0 radical (unpaired) electrons. The van der Waals surface area contributed by atoms with Crippen molar-refractivity contribution in [1.29, 1.82) is 0 Å². The van der Waals surface area contributed by atoms with Gasteiger partial charge in [0.2, 0.25) is 0 Å². The van der Waals surface area contributed by atoms with Crippen LogP contribution in [0.5, 0.6) is 11.5 Å². The van der Waals surface area contributed by atoms with Crippen LogP contribution in [-0.4, -0.2) is 43.4 Å². The molecule has 1 fully saturated rings. The number of nitrogens with zero attached hydrogens (tertiary/aromatic N) is 3. The molecular weight excluding hydrogens is 404 g/mol. The van der Waals surface area contributed by atoms with Gasteiger partial charge in [0.05, 0.1) is 14.2 Å². The van der Waals surface area contributed by atoms with E-state index in [0.29, 0.717) is 23.1 Å². The molecule has 0 saturated carbocycles. The molecule has 166 valence electrons. The second kappa shape index (κ2) is 10.1. The fourth-order valence-corrected chi connectivity index (χ4v) is 4.00. The molecule has 2 aromatic carbocycles. The number of hydrogen-bond acceptors (Lipinski definition) is 6. The minimum atomic E-state index is -0.332. The van der Waals surface area contributed by atoms with E-state index in [-0.39, 0.29) is 11.6 Å². The van der Waals surface area contributed by atoms with E-state index in [0.717, 1.165) is 38.2 Å². The van der Waals surface area contributed by atoms with E-state index in [9.17, 15) is 4.79 Å². The topological polar surface area (TPSA) is 76.6 Å². The van der Waals surface area contributed by atoms with Crippen LogP contribution in [0.25, 0.3) is 0 Å². The van der Waals surface area contributed by atoms with Gasteiger partial charge in [-0.05, 0) is 42.9 Å². The fourth-order valence-electron chi connectivity index (χ4n) is 4.00. The van der Waals surface area contributed by atoms with E-state index in [2.05, 4.69) is 50.7 Å². The zero-order valence-electron chi connectivity index (χ0n) is 18.5. The van der Waals surface area contributed by atoms with Gasteiger partial charge in [0.15, 0.2) is 11.5 Å². The number of carbonyl (C=O) groups is 1. The molecule has 0 spiro atoms. The smallest absolute Gasteiger partial charge is 0.276 e. The molecular formula is C25H28N4O3. The number of rotatable bonds is 7. The van der Waals surface area contributed by atoms with Crippen LogP contribution in [-0.2, 0) is 6.42 Å². The summed E-state index contributed by atoms with van der Waals surface area (Å²) in [6.07, 6.45) is 3.36. The van der Waals surface area contributed by atoms with E-state index in [4.69, 9.17) is 9.47 Å². The van der Waals surface area contributed by atoms with E-state index < -0.39 is 0 Å². The number of anilines is 2. The van der Waals surface area contributed by atoms with Gasteiger partial charge in [-0.1, -0.05) is 30.3 Å². The van der Waals surface area contributed by atoms with Gasteiger partial charge in [-0.25, -0.2) is 0 Å². The molecule has 0 aliphatic carbocycles. The number of piperidine rings is 1. The van der Waals surface area contributed by atoms with Crippen LogP contribution in [0.4, 0.5) is 11.5 Å². The number of hydrogen-bond donors (Lipinski definition) is 1. The maximum absolute atomic E-state index is 12.6. The normalized spacial score (nSPS) is 14.1. The molecule has 0 atom stereocenters. The Kier molecular flexibility index (Phi) is 6.84. The van der Waals surface area contributed by atoms with Gasteiger partial charge in [0.25, 0.3) is 5.91 Å². The minimum Gasteiger partial charge on any atom is -0.497 e. The lowest BCUT2D eigenvalue weighted by molar-refractivity contribution is 0.102. The Morgan fingerprint density at radius 2 is 1.66 bits per heavy atom. The third kappa shape index (κ3) is 5.35. The monoisotopic (exact) mass is 432 g/mol. The molecule has 1 aliphatic rings. The van der Waals surface area contributed by atoms with E-state index in [1.165, 1.54) is 5.56 Å². The lowest BCUT2D eigenvalue weighted by Gasteiger charge is -2.32. The van der Waals surface area contributed by atoms with Crippen LogP contribution in [0.1, 0.15) is 28.9 Å². The predicted octanol–water partition coefficient (Wildman–Crippen LogP) is 4.21. The molecule has 1 amide bonds.